The van der Waals surface area contributed by atoms with E-state index in [1.165, 1.54) is 18.0 Å². The van der Waals surface area contributed by atoms with Crippen molar-refractivity contribution < 1.29 is 9.21 Å². The summed E-state index contributed by atoms with van der Waals surface area (Å²) in [5.74, 6) is 0.194. The smallest absolute Gasteiger partial charge is 0.261 e. The van der Waals surface area contributed by atoms with E-state index in [-0.39, 0.29) is 17.5 Å². The lowest BCUT2D eigenvalue weighted by molar-refractivity contribution is 0.0933. The van der Waals surface area contributed by atoms with Crippen molar-refractivity contribution in [3.05, 3.63) is 76.8 Å². The van der Waals surface area contributed by atoms with Gasteiger partial charge in [-0.05, 0) is 43.3 Å². The lowest BCUT2D eigenvalue weighted by Gasteiger charge is -2.39. The SMILES string of the molecule is CC(CNC(=O)c1ccc(-c2ccco2)[nH]c1=O)N1CCN(c2ccccc2)CC1. The fourth-order valence-corrected chi connectivity index (χ4v) is 3.75. The summed E-state index contributed by atoms with van der Waals surface area (Å²) in [6, 6.07) is 17.3. The summed E-state index contributed by atoms with van der Waals surface area (Å²) in [5.41, 5.74) is 1.47. The number of carbonyl (C=O) groups excluding carboxylic acids is 1. The molecule has 156 valence electrons. The summed E-state index contributed by atoms with van der Waals surface area (Å²) in [7, 11) is 0. The zero-order valence-electron chi connectivity index (χ0n) is 17.0. The van der Waals surface area contributed by atoms with Crippen molar-refractivity contribution in [3.8, 4) is 11.5 Å². The number of rotatable bonds is 6. The van der Waals surface area contributed by atoms with Gasteiger partial charge in [0.1, 0.15) is 11.3 Å². The molecule has 0 radical (unpaired) electrons. The van der Waals surface area contributed by atoms with E-state index in [0.29, 0.717) is 18.0 Å². The van der Waals surface area contributed by atoms with Gasteiger partial charge in [0, 0.05) is 44.5 Å². The quantitative estimate of drug-likeness (QED) is 0.658. The first kappa shape index (κ1) is 20.0. The van der Waals surface area contributed by atoms with Crippen LogP contribution < -0.4 is 15.8 Å². The molecule has 0 saturated carbocycles. The minimum Gasteiger partial charge on any atom is -0.463 e. The van der Waals surface area contributed by atoms with Crippen molar-refractivity contribution in [2.24, 2.45) is 0 Å². The minimum atomic E-state index is -0.425. The molecular weight excluding hydrogens is 380 g/mol. The molecule has 30 heavy (non-hydrogen) atoms. The molecule has 3 heterocycles. The second-order valence-corrected chi connectivity index (χ2v) is 7.51. The molecule has 1 amide bonds. The highest BCUT2D eigenvalue weighted by Crippen LogP contribution is 2.17. The van der Waals surface area contributed by atoms with Crippen LogP contribution in [0.1, 0.15) is 17.3 Å². The van der Waals surface area contributed by atoms with E-state index in [1.807, 2.05) is 6.07 Å². The second kappa shape index (κ2) is 9.00. The van der Waals surface area contributed by atoms with Crippen LogP contribution in [0, 0.1) is 0 Å². The largest absolute Gasteiger partial charge is 0.463 e. The predicted molar refractivity (Wildman–Crippen MR) is 117 cm³/mol. The van der Waals surface area contributed by atoms with Gasteiger partial charge in [0.15, 0.2) is 0 Å². The van der Waals surface area contributed by atoms with Gasteiger partial charge in [-0.2, -0.15) is 0 Å². The standard InChI is InChI=1S/C23H26N4O3/c1-17(26-11-13-27(14-12-26)18-6-3-2-4-7-18)16-24-22(28)19-9-10-20(25-23(19)29)21-8-5-15-30-21/h2-10,15,17H,11-14,16H2,1H3,(H,24,28)(H,25,29). The number of hydrogen-bond donors (Lipinski definition) is 2. The Balaban J connectivity index is 1.29. The van der Waals surface area contributed by atoms with E-state index in [1.54, 1.807) is 18.2 Å². The number of hydrogen-bond acceptors (Lipinski definition) is 5. The van der Waals surface area contributed by atoms with E-state index in [4.69, 9.17) is 4.42 Å². The summed E-state index contributed by atoms with van der Waals surface area (Å²) in [6.45, 7) is 6.37. The molecule has 1 atom stereocenters. The first-order valence-electron chi connectivity index (χ1n) is 10.2. The van der Waals surface area contributed by atoms with Gasteiger partial charge < -0.3 is 19.6 Å². The van der Waals surface area contributed by atoms with Crippen LogP contribution in [-0.2, 0) is 0 Å². The van der Waals surface area contributed by atoms with Crippen LogP contribution in [0.3, 0.4) is 0 Å². The number of aromatic amines is 1. The fraction of sp³-hybridized carbons (Fsp3) is 0.304. The molecule has 0 spiro atoms. The number of piperazine rings is 1. The Hall–Kier alpha value is -3.32. The normalized spacial score (nSPS) is 15.7. The summed E-state index contributed by atoms with van der Waals surface area (Å²) < 4.78 is 5.28. The monoisotopic (exact) mass is 406 g/mol. The van der Waals surface area contributed by atoms with Crippen LogP contribution in [0.4, 0.5) is 5.69 Å². The number of para-hydroxylation sites is 1. The molecule has 7 nitrogen and oxygen atoms in total. The average Bonchev–Trinajstić information content (AvgIpc) is 3.33. The molecule has 2 N–H and O–H groups in total. The molecular formula is C23H26N4O3. The summed E-state index contributed by atoms with van der Waals surface area (Å²) in [6.07, 6.45) is 1.54. The Bertz CT molecular complexity index is 1020. The van der Waals surface area contributed by atoms with Gasteiger partial charge in [-0.1, -0.05) is 18.2 Å². The van der Waals surface area contributed by atoms with Crippen LogP contribution in [0.2, 0.25) is 0 Å². The van der Waals surface area contributed by atoms with Gasteiger partial charge in [-0.3, -0.25) is 14.5 Å². The number of pyridine rings is 1. The molecule has 3 aromatic rings. The van der Waals surface area contributed by atoms with Crippen LogP contribution in [0.15, 0.2) is 70.1 Å². The van der Waals surface area contributed by atoms with E-state index < -0.39 is 5.56 Å². The lowest BCUT2D eigenvalue weighted by Crippen LogP contribution is -2.52. The molecule has 1 saturated heterocycles. The molecule has 0 bridgehead atoms. The predicted octanol–water partition coefficient (Wildman–Crippen LogP) is 2.58. The number of nitrogens with zero attached hydrogens (tertiary/aromatic N) is 2. The summed E-state index contributed by atoms with van der Waals surface area (Å²) >= 11 is 0. The Morgan fingerprint density at radius 2 is 1.83 bits per heavy atom. The summed E-state index contributed by atoms with van der Waals surface area (Å²) in [5, 5.41) is 2.90. The van der Waals surface area contributed by atoms with Gasteiger partial charge in [0.2, 0.25) is 0 Å². The molecule has 2 aromatic heterocycles. The first-order valence-corrected chi connectivity index (χ1v) is 10.2. The maximum atomic E-state index is 12.5. The maximum absolute atomic E-state index is 12.5. The van der Waals surface area contributed by atoms with Gasteiger partial charge in [-0.15, -0.1) is 0 Å². The van der Waals surface area contributed by atoms with Crippen molar-refractivity contribution in [3.63, 3.8) is 0 Å². The maximum Gasteiger partial charge on any atom is 0.261 e. The van der Waals surface area contributed by atoms with Crippen molar-refractivity contribution >= 4 is 11.6 Å². The molecule has 1 aliphatic heterocycles. The zero-order valence-corrected chi connectivity index (χ0v) is 17.0. The van der Waals surface area contributed by atoms with Gasteiger partial charge in [-0.25, -0.2) is 0 Å². The number of H-pyrrole nitrogens is 1. The van der Waals surface area contributed by atoms with Gasteiger partial charge in [0.05, 0.1) is 12.0 Å². The second-order valence-electron chi connectivity index (χ2n) is 7.51. The van der Waals surface area contributed by atoms with Crippen molar-refractivity contribution in [2.45, 2.75) is 13.0 Å². The average molecular weight is 406 g/mol. The minimum absolute atomic E-state index is 0.103. The number of nitrogens with one attached hydrogen (secondary N) is 2. The third kappa shape index (κ3) is 4.46. The van der Waals surface area contributed by atoms with Crippen molar-refractivity contribution in [1.29, 1.82) is 0 Å². The number of amides is 1. The van der Waals surface area contributed by atoms with E-state index in [0.717, 1.165) is 26.2 Å². The Labute approximate surface area is 175 Å². The highest BCUT2D eigenvalue weighted by molar-refractivity contribution is 5.94. The molecule has 7 heteroatoms. The van der Waals surface area contributed by atoms with E-state index >= 15 is 0 Å². The lowest BCUT2D eigenvalue weighted by atomic mass is 10.2. The molecule has 1 aromatic carbocycles. The van der Waals surface area contributed by atoms with Crippen molar-refractivity contribution in [2.75, 3.05) is 37.6 Å². The summed E-state index contributed by atoms with van der Waals surface area (Å²) in [4.78, 5) is 32.3. The van der Waals surface area contributed by atoms with Crippen LogP contribution in [0.5, 0.6) is 0 Å². The molecule has 0 aliphatic carbocycles. The number of anilines is 1. The molecule has 1 aliphatic rings. The van der Waals surface area contributed by atoms with E-state index in [9.17, 15) is 9.59 Å². The topological polar surface area (TPSA) is 81.6 Å². The third-order valence-electron chi connectivity index (χ3n) is 5.56. The Kier molecular flexibility index (Phi) is 5.99. The van der Waals surface area contributed by atoms with Crippen molar-refractivity contribution in [1.82, 2.24) is 15.2 Å². The Morgan fingerprint density at radius 3 is 2.50 bits per heavy atom. The van der Waals surface area contributed by atoms with Crippen LogP contribution >= 0.6 is 0 Å². The highest BCUT2D eigenvalue weighted by atomic mass is 16.3. The fourth-order valence-electron chi connectivity index (χ4n) is 3.75. The first-order chi connectivity index (χ1) is 14.6. The number of aromatic nitrogens is 1. The van der Waals surface area contributed by atoms with Crippen LogP contribution in [-0.4, -0.2) is 54.6 Å². The van der Waals surface area contributed by atoms with Gasteiger partial charge >= 0.3 is 0 Å². The number of carbonyl (C=O) groups is 1. The molecule has 4 rings (SSSR count). The third-order valence-corrected chi connectivity index (χ3v) is 5.56. The Morgan fingerprint density at radius 1 is 1.07 bits per heavy atom. The number of benzene rings is 1. The van der Waals surface area contributed by atoms with Crippen LogP contribution in [0.25, 0.3) is 11.5 Å². The van der Waals surface area contributed by atoms with E-state index in [2.05, 4.69) is 51.3 Å². The zero-order chi connectivity index (χ0) is 20.9. The molecule has 1 fully saturated rings. The number of furan rings is 1. The van der Waals surface area contributed by atoms with Gasteiger partial charge in [0.25, 0.3) is 11.5 Å². The molecule has 1 unspecified atom stereocenters. The highest BCUT2D eigenvalue weighted by Gasteiger charge is 2.22.